The van der Waals surface area contributed by atoms with Gasteiger partial charge in [0.2, 0.25) is 11.8 Å². The van der Waals surface area contributed by atoms with Crippen LogP contribution < -0.4 is 16.6 Å². The fourth-order valence-electron chi connectivity index (χ4n) is 0.357. The average Bonchev–Trinajstić information content (AvgIpc) is 1.85. The summed E-state index contributed by atoms with van der Waals surface area (Å²) in [6.45, 7) is 2.82. The molecule has 0 heterocycles. The van der Waals surface area contributed by atoms with E-state index in [2.05, 4.69) is 10.7 Å². The van der Waals surface area contributed by atoms with Crippen molar-refractivity contribution in [2.75, 3.05) is 0 Å². The van der Waals surface area contributed by atoms with Crippen LogP contribution >= 0.6 is 0 Å². The third-order valence-electron chi connectivity index (χ3n) is 0.943. The summed E-state index contributed by atoms with van der Waals surface area (Å²) < 4.78 is 0. The minimum atomic E-state index is -0.538. The Morgan fingerprint density at radius 2 is 2.00 bits per heavy atom. The molecule has 2 amide bonds. The van der Waals surface area contributed by atoms with Crippen molar-refractivity contribution >= 4 is 11.8 Å². The summed E-state index contributed by atoms with van der Waals surface area (Å²) in [6.07, 6.45) is 0. The molecule has 10 heavy (non-hydrogen) atoms. The second-order valence-electron chi connectivity index (χ2n) is 1.93. The van der Waals surface area contributed by atoms with Crippen LogP contribution in [-0.4, -0.2) is 17.9 Å². The Kier molecular flexibility index (Phi) is 3.60. The second kappa shape index (κ2) is 3.97. The minimum absolute atomic E-state index is 0.382. The van der Waals surface area contributed by atoms with Crippen LogP contribution in [0.5, 0.6) is 0 Å². The van der Waals surface area contributed by atoms with Gasteiger partial charge in [-0.15, -0.1) is 0 Å². The van der Waals surface area contributed by atoms with Crippen LogP contribution in [0.1, 0.15) is 13.8 Å². The van der Waals surface area contributed by atoms with E-state index >= 15 is 0 Å². The van der Waals surface area contributed by atoms with Gasteiger partial charge in [0, 0.05) is 6.92 Å². The molecule has 1 unspecified atom stereocenters. The molecule has 0 aromatic rings. The number of imide groups is 1. The first kappa shape index (κ1) is 9.06. The summed E-state index contributed by atoms with van der Waals surface area (Å²) in [6, 6.07) is -0.538. The molecule has 0 aromatic heterocycles. The van der Waals surface area contributed by atoms with Crippen molar-refractivity contribution in [3.63, 3.8) is 0 Å². The van der Waals surface area contributed by atoms with E-state index in [9.17, 15) is 9.59 Å². The Labute approximate surface area is 58.9 Å². The van der Waals surface area contributed by atoms with Gasteiger partial charge in [-0.1, -0.05) is 0 Å². The van der Waals surface area contributed by atoms with Gasteiger partial charge >= 0.3 is 0 Å². The van der Waals surface area contributed by atoms with Gasteiger partial charge < -0.3 is 0 Å². The van der Waals surface area contributed by atoms with Gasteiger partial charge in [-0.3, -0.25) is 20.7 Å². The summed E-state index contributed by atoms with van der Waals surface area (Å²) in [4.78, 5) is 21.0. The smallest absolute Gasteiger partial charge is 0.244 e. The van der Waals surface area contributed by atoms with Crippen LogP contribution in [0.2, 0.25) is 0 Å². The maximum absolute atomic E-state index is 10.7. The van der Waals surface area contributed by atoms with Crippen LogP contribution in [0.15, 0.2) is 0 Å². The lowest BCUT2D eigenvalue weighted by Crippen LogP contribution is -2.46. The standard InChI is InChI=1S/C5H11N3O2/c1-3(8-6)5(10)7-4(2)9/h3,8H,6H2,1-2H3,(H,7,9,10). The molecule has 0 saturated heterocycles. The molecule has 0 aliphatic rings. The number of carbonyl (C=O) groups excluding carboxylic acids is 2. The number of carbonyl (C=O) groups is 2. The number of hydrogen-bond acceptors (Lipinski definition) is 4. The highest BCUT2D eigenvalue weighted by Gasteiger charge is 2.10. The molecule has 0 fully saturated rings. The van der Waals surface area contributed by atoms with Gasteiger partial charge in [-0.2, -0.15) is 0 Å². The lowest BCUT2D eigenvalue weighted by Gasteiger charge is -2.07. The predicted molar refractivity (Wildman–Crippen MR) is 35.6 cm³/mol. The zero-order chi connectivity index (χ0) is 8.15. The van der Waals surface area contributed by atoms with Crippen molar-refractivity contribution in [2.24, 2.45) is 5.84 Å². The Morgan fingerprint density at radius 3 is 2.30 bits per heavy atom. The van der Waals surface area contributed by atoms with Gasteiger partial charge in [0.25, 0.3) is 0 Å². The molecular formula is C5H11N3O2. The van der Waals surface area contributed by atoms with E-state index in [1.54, 1.807) is 6.92 Å². The molecular weight excluding hydrogens is 134 g/mol. The van der Waals surface area contributed by atoms with E-state index in [0.29, 0.717) is 0 Å². The third kappa shape index (κ3) is 3.16. The number of nitrogens with one attached hydrogen (secondary N) is 2. The quantitative estimate of drug-likeness (QED) is 0.326. The normalized spacial score (nSPS) is 12.3. The Balaban J connectivity index is 3.73. The minimum Gasteiger partial charge on any atom is -0.295 e. The van der Waals surface area contributed by atoms with Crippen LogP contribution in [0.4, 0.5) is 0 Å². The van der Waals surface area contributed by atoms with Crippen molar-refractivity contribution in [1.82, 2.24) is 10.7 Å². The van der Waals surface area contributed by atoms with Crippen molar-refractivity contribution in [1.29, 1.82) is 0 Å². The first-order valence-electron chi connectivity index (χ1n) is 2.85. The molecule has 0 aliphatic carbocycles. The van der Waals surface area contributed by atoms with Gasteiger partial charge in [0.1, 0.15) is 0 Å². The van der Waals surface area contributed by atoms with Crippen LogP contribution in [0.3, 0.4) is 0 Å². The predicted octanol–water partition coefficient (Wildman–Crippen LogP) is -1.50. The average molecular weight is 145 g/mol. The van der Waals surface area contributed by atoms with E-state index in [1.807, 2.05) is 0 Å². The monoisotopic (exact) mass is 145 g/mol. The van der Waals surface area contributed by atoms with Crippen molar-refractivity contribution in [2.45, 2.75) is 19.9 Å². The molecule has 0 saturated carbocycles. The summed E-state index contributed by atoms with van der Waals surface area (Å²) in [5.41, 5.74) is 2.21. The maximum atomic E-state index is 10.7. The Morgan fingerprint density at radius 1 is 1.50 bits per heavy atom. The van der Waals surface area contributed by atoms with Crippen LogP contribution in [0.25, 0.3) is 0 Å². The number of rotatable bonds is 2. The zero-order valence-corrected chi connectivity index (χ0v) is 5.97. The van der Waals surface area contributed by atoms with Gasteiger partial charge in [0.15, 0.2) is 0 Å². The molecule has 0 rings (SSSR count). The Bertz CT molecular complexity index is 146. The summed E-state index contributed by atoms with van der Waals surface area (Å²) >= 11 is 0. The maximum Gasteiger partial charge on any atom is 0.244 e. The fourth-order valence-corrected chi connectivity index (χ4v) is 0.357. The SMILES string of the molecule is CC(=O)NC(=O)C(C)NN. The number of amides is 2. The summed E-state index contributed by atoms with van der Waals surface area (Å²) in [5, 5.41) is 2.07. The lowest BCUT2D eigenvalue weighted by molar-refractivity contribution is -0.130. The number of hydrogen-bond donors (Lipinski definition) is 3. The highest BCUT2D eigenvalue weighted by Crippen LogP contribution is 1.76. The van der Waals surface area contributed by atoms with E-state index in [-0.39, 0.29) is 5.91 Å². The molecule has 4 N–H and O–H groups in total. The van der Waals surface area contributed by atoms with Gasteiger partial charge in [0.05, 0.1) is 6.04 Å². The van der Waals surface area contributed by atoms with E-state index in [4.69, 9.17) is 5.84 Å². The van der Waals surface area contributed by atoms with Crippen molar-refractivity contribution in [3.8, 4) is 0 Å². The summed E-state index contributed by atoms with van der Waals surface area (Å²) in [5.74, 6) is 4.12. The molecule has 0 aliphatic heterocycles. The molecule has 0 radical (unpaired) electrons. The third-order valence-corrected chi connectivity index (χ3v) is 0.943. The van der Waals surface area contributed by atoms with Crippen molar-refractivity contribution in [3.05, 3.63) is 0 Å². The number of nitrogens with two attached hydrogens (primary N) is 1. The first-order valence-corrected chi connectivity index (χ1v) is 2.85. The largest absolute Gasteiger partial charge is 0.295 e. The lowest BCUT2D eigenvalue weighted by atomic mass is 10.3. The first-order chi connectivity index (χ1) is 4.57. The highest BCUT2D eigenvalue weighted by molar-refractivity contribution is 5.96. The zero-order valence-electron chi connectivity index (χ0n) is 5.97. The van der Waals surface area contributed by atoms with E-state index < -0.39 is 11.9 Å². The van der Waals surface area contributed by atoms with E-state index in [0.717, 1.165) is 0 Å². The molecule has 58 valence electrons. The van der Waals surface area contributed by atoms with Crippen LogP contribution in [-0.2, 0) is 9.59 Å². The van der Waals surface area contributed by atoms with E-state index in [1.165, 1.54) is 6.92 Å². The van der Waals surface area contributed by atoms with Crippen molar-refractivity contribution < 1.29 is 9.59 Å². The Hall–Kier alpha value is -0.940. The van der Waals surface area contributed by atoms with Gasteiger partial charge in [-0.05, 0) is 6.92 Å². The fraction of sp³-hybridized carbons (Fsp3) is 0.600. The summed E-state index contributed by atoms with van der Waals surface area (Å²) in [7, 11) is 0. The second-order valence-corrected chi connectivity index (χ2v) is 1.93. The number of hydrazine groups is 1. The topological polar surface area (TPSA) is 84.2 Å². The molecule has 0 spiro atoms. The molecule has 5 nitrogen and oxygen atoms in total. The molecule has 0 bridgehead atoms. The highest BCUT2D eigenvalue weighted by atomic mass is 16.2. The van der Waals surface area contributed by atoms with Crippen LogP contribution in [0, 0.1) is 0 Å². The van der Waals surface area contributed by atoms with Gasteiger partial charge in [-0.25, -0.2) is 5.43 Å². The molecule has 0 aromatic carbocycles. The molecule has 1 atom stereocenters. The molecule has 5 heteroatoms.